The van der Waals surface area contributed by atoms with E-state index in [-0.39, 0.29) is 0 Å². The first-order valence-electron chi connectivity index (χ1n) is 11.2. The Morgan fingerprint density at radius 1 is 1.03 bits per heavy atom. The Balaban J connectivity index is 1.45. The second kappa shape index (κ2) is 10.5. The van der Waals surface area contributed by atoms with E-state index in [4.69, 9.17) is 44.9 Å². The molecule has 3 heterocycles. The van der Waals surface area contributed by atoms with E-state index >= 15 is 0 Å². The summed E-state index contributed by atoms with van der Waals surface area (Å²) in [5.41, 5.74) is 1.69. The van der Waals surface area contributed by atoms with Gasteiger partial charge in [-0.15, -0.1) is 5.10 Å². The molecule has 0 aliphatic carbocycles. The van der Waals surface area contributed by atoms with E-state index in [2.05, 4.69) is 21.9 Å². The number of benzene rings is 2. The molecule has 0 unspecified atom stereocenters. The van der Waals surface area contributed by atoms with Crippen molar-refractivity contribution < 1.29 is 4.42 Å². The molecule has 0 amide bonds. The maximum absolute atomic E-state index is 6.33. The fourth-order valence-electron chi connectivity index (χ4n) is 3.91. The summed E-state index contributed by atoms with van der Waals surface area (Å²) in [5, 5.41) is 10.6. The molecule has 2 aromatic heterocycles. The van der Waals surface area contributed by atoms with Gasteiger partial charge in [0.05, 0.1) is 17.9 Å². The summed E-state index contributed by atoms with van der Waals surface area (Å²) in [4.78, 5) is 4.67. The van der Waals surface area contributed by atoms with Crippen LogP contribution in [0.4, 0.5) is 0 Å². The molecular formula is C25H24Cl2N6OS. The highest BCUT2D eigenvalue weighted by atomic mass is 35.5. The Bertz CT molecular complexity index is 1400. The number of rotatable bonds is 6. The van der Waals surface area contributed by atoms with Crippen LogP contribution in [0.5, 0.6) is 0 Å². The first-order valence-corrected chi connectivity index (χ1v) is 12.4. The lowest BCUT2D eigenvalue weighted by Crippen LogP contribution is -2.45. The zero-order chi connectivity index (χ0) is 24.4. The number of likely N-dealkylation sites (N-methyl/N-ethyl adjacent to an activating group) is 1. The molecule has 4 aromatic rings. The minimum Gasteiger partial charge on any atom is -0.455 e. The fourth-order valence-corrected chi connectivity index (χ4v) is 4.65. The molecule has 0 N–H and O–H groups in total. The molecule has 2 aromatic carbocycles. The van der Waals surface area contributed by atoms with E-state index in [1.165, 1.54) is 0 Å². The molecule has 1 aliphatic heterocycles. The second-order valence-corrected chi connectivity index (χ2v) is 9.63. The summed E-state index contributed by atoms with van der Waals surface area (Å²) in [7, 11) is 2.14. The summed E-state index contributed by atoms with van der Waals surface area (Å²) >= 11 is 18.1. The summed E-state index contributed by atoms with van der Waals surface area (Å²) in [6.07, 6.45) is 1.64. The van der Waals surface area contributed by atoms with Crippen molar-refractivity contribution in [3.8, 4) is 22.7 Å². The summed E-state index contributed by atoms with van der Waals surface area (Å²) in [6.45, 7) is 4.61. The molecule has 1 saturated heterocycles. The van der Waals surface area contributed by atoms with Gasteiger partial charge in [0.2, 0.25) is 4.77 Å². The van der Waals surface area contributed by atoms with Crippen LogP contribution in [0.2, 0.25) is 10.0 Å². The largest absolute Gasteiger partial charge is 0.455 e. The van der Waals surface area contributed by atoms with Crippen molar-refractivity contribution in [2.24, 2.45) is 5.10 Å². The smallest absolute Gasteiger partial charge is 0.220 e. The van der Waals surface area contributed by atoms with E-state index in [0.29, 0.717) is 38.8 Å². The Morgan fingerprint density at radius 3 is 2.54 bits per heavy atom. The summed E-state index contributed by atoms with van der Waals surface area (Å²) in [6, 6.07) is 18.9. The molecule has 180 valence electrons. The topological polar surface area (TPSA) is 54.7 Å². The Morgan fingerprint density at radius 2 is 1.80 bits per heavy atom. The minimum absolute atomic E-state index is 0.520. The molecule has 5 rings (SSSR count). The van der Waals surface area contributed by atoms with Crippen LogP contribution >= 0.6 is 35.4 Å². The average molecular weight is 527 g/mol. The molecule has 35 heavy (non-hydrogen) atoms. The average Bonchev–Trinajstić information content (AvgIpc) is 3.44. The predicted molar refractivity (Wildman–Crippen MR) is 143 cm³/mol. The second-order valence-electron chi connectivity index (χ2n) is 8.42. The van der Waals surface area contributed by atoms with Gasteiger partial charge < -0.3 is 9.32 Å². The first kappa shape index (κ1) is 24.0. The van der Waals surface area contributed by atoms with Crippen molar-refractivity contribution in [3.63, 3.8) is 0 Å². The Labute approximate surface area is 218 Å². The third-order valence-electron chi connectivity index (χ3n) is 5.90. The molecule has 7 nitrogen and oxygen atoms in total. The van der Waals surface area contributed by atoms with Crippen LogP contribution in [0.25, 0.3) is 22.7 Å². The standard InChI is InChI=1S/C25H24Cl2N6OS/c1-30-11-13-31(14-12-30)17-32-25(35)33(24(29-32)18-5-3-2-4-6-18)28-16-20-8-10-23(34-20)21-9-7-19(26)15-22(21)27/h2-10,15-16H,11-14,17H2,1H3/b28-16+. The van der Waals surface area contributed by atoms with Crippen LogP contribution in [0.3, 0.4) is 0 Å². The molecule has 0 bridgehead atoms. The Kier molecular flexibility index (Phi) is 7.17. The third kappa shape index (κ3) is 5.42. The number of hydrogen-bond donors (Lipinski definition) is 0. The van der Waals surface area contributed by atoms with Crippen molar-refractivity contribution in [1.82, 2.24) is 24.3 Å². The van der Waals surface area contributed by atoms with E-state index in [1.807, 2.05) is 53.2 Å². The van der Waals surface area contributed by atoms with Crippen molar-refractivity contribution in [2.75, 3.05) is 33.2 Å². The number of furan rings is 1. The summed E-state index contributed by atoms with van der Waals surface area (Å²) < 4.78 is 10.0. The highest BCUT2D eigenvalue weighted by Crippen LogP contribution is 2.31. The lowest BCUT2D eigenvalue weighted by Gasteiger charge is -2.31. The van der Waals surface area contributed by atoms with Crippen LogP contribution < -0.4 is 0 Å². The lowest BCUT2D eigenvalue weighted by atomic mass is 10.2. The van der Waals surface area contributed by atoms with Gasteiger partial charge in [-0.2, -0.15) is 9.78 Å². The molecule has 0 atom stereocenters. The van der Waals surface area contributed by atoms with Gasteiger partial charge in [-0.1, -0.05) is 53.5 Å². The molecule has 1 fully saturated rings. The fraction of sp³-hybridized carbons (Fsp3) is 0.240. The molecule has 0 saturated carbocycles. The SMILES string of the molecule is CN1CCN(Cn2nc(-c3ccccc3)n(/N=C/c3ccc(-c4ccc(Cl)cc4Cl)o3)c2=S)CC1. The first-order chi connectivity index (χ1) is 17.0. The zero-order valence-electron chi connectivity index (χ0n) is 19.1. The van der Waals surface area contributed by atoms with Gasteiger partial charge in [0, 0.05) is 42.3 Å². The van der Waals surface area contributed by atoms with Crippen LogP contribution in [-0.2, 0) is 6.67 Å². The Hall–Kier alpha value is -2.75. The number of piperazine rings is 1. The van der Waals surface area contributed by atoms with Crippen molar-refractivity contribution in [3.05, 3.63) is 81.2 Å². The van der Waals surface area contributed by atoms with E-state index in [0.717, 1.165) is 37.3 Å². The zero-order valence-corrected chi connectivity index (χ0v) is 21.5. The number of aromatic nitrogens is 3. The third-order valence-corrected chi connectivity index (χ3v) is 6.84. The highest BCUT2D eigenvalue weighted by molar-refractivity contribution is 7.71. The number of nitrogens with zero attached hydrogens (tertiary/aromatic N) is 6. The van der Waals surface area contributed by atoms with Gasteiger partial charge in [-0.25, -0.2) is 4.68 Å². The van der Waals surface area contributed by atoms with Crippen LogP contribution in [0.1, 0.15) is 5.76 Å². The van der Waals surface area contributed by atoms with Gasteiger partial charge in [-0.3, -0.25) is 4.90 Å². The van der Waals surface area contributed by atoms with E-state index in [9.17, 15) is 0 Å². The number of halogens is 2. The molecule has 0 spiro atoms. The van der Waals surface area contributed by atoms with Crippen molar-refractivity contribution in [1.29, 1.82) is 0 Å². The predicted octanol–water partition coefficient (Wildman–Crippen LogP) is 5.73. The lowest BCUT2D eigenvalue weighted by molar-refractivity contribution is 0.119. The monoisotopic (exact) mass is 526 g/mol. The normalized spacial score (nSPS) is 15.3. The molecular weight excluding hydrogens is 503 g/mol. The molecule has 0 radical (unpaired) electrons. The van der Waals surface area contributed by atoms with Gasteiger partial charge in [-0.05, 0) is 49.6 Å². The van der Waals surface area contributed by atoms with Crippen LogP contribution in [0.15, 0.2) is 70.2 Å². The van der Waals surface area contributed by atoms with Crippen LogP contribution in [0, 0.1) is 4.77 Å². The molecule has 1 aliphatic rings. The van der Waals surface area contributed by atoms with E-state index < -0.39 is 0 Å². The van der Waals surface area contributed by atoms with Crippen molar-refractivity contribution in [2.45, 2.75) is 6.67 Å². The van der Waals surface area contributed by atoms with Crippen molar-refractivity contribution >= 4 is 41.6 Å². The van der Waals surface area contributed by atoms with Gasteiger partial charge >= 0.3 is 0 Å². The summed E-state index contributed by atoms with van der Waals surface area (Å²) in [5.74, 6) is 1.87. The van der Waals surface area contributed by atoms with E-state index in [1.54, 1.807) is 23.0 Å². The van der Waals surface area contributed by atoms with Gasteiger partial charge in [0.25, 0.3) is 0 Å². The minimum atomic E-state index is 0.520. The van der Waals surface area contributed by atoms with Crippen LogP contribution in [-0.4, -0.2) is 63.7 Å². The maximum atomic E-state index is 6.33. The van der Waals surface area contributed by atoms with Gasteiger partial charge in [0.1, 0.15) is 11.5 Å². The highest BCUT2D eigenvalue weighted by Gasteiger charge is 2.18. The maximum Gasteiger partial charge on any atom is 0.220 e. The quantitative estimate of drug-likeness (QED) is 0.237. The molecule has 10 heteroatoms. The van der Waals surface area contributed by atoms with Gasteiger partial charge in [0.15, 0.2) is 5.82 Å². The number of hydrogen-bond acceptors (Lipinski definition) is 6.